The molecule has 1 rings (SSSR count). The highest BCUT2D eigenvalue weighted by atomic mass is 14.2. The fraction of sp³-hybridized carbons (Fsp3) is 1.00. The van der Waals surface area contributed by atoms with Gasteiger partial charge < -0.3 is 0 Å². The molecule has 1 saturated carbocycles. The van der Waals surface area contributed by atoms with E-state index >= 15 is 0 Å². The molecule has 0 nitrogen and oxygen atoms in total. The largest absolute Gasteiger partial charge is 0.110 e. The van der Waals surface area contributed by atoms with Crippen LogP contribution in [0.15, 0.2) is 0 Å². The summed E-state index contributed by atoms with van der Waals surface area (Å²) in [7, 11) is 2.40. The van der Waals surface area contributed by atoms with Crippen molar-refractivity contribution in [2.75, 3.05) is 0 Å². The molecule has 11 heavy (non-hydrogen) atoms. The van der Waals surface area contributed by atoms with Crippen LogP contribution in [0.1, 0.15) is 39.5 Å². The van der Waals surface area contributed by atoms with E-state index in [0.29, 0.717) is 0 Å². The van der Waals surface area contributed by atoms with Crippen molar-refractivity contribution >= 4 is 7.28 Å². The van der Waals surface area contributed by atoms with Gasteiger partial charge in [-0.2, -0.15) is 0 Å². The van der Waals surface area contributed by atoms with Gasteiger partial charge in [0.25, 0.3) is 0 Å². The first-order chi connectivity index (χ1) is 5.24. The van der Waals surface area contributed by atoms with Gasteiger partial charge in [-0.1, -0.05) is 52.2 Å². The third-order valence-electron chi connectivity index (χ3n) is 3.17. The second-order valence-electron chi connectivity index (χ2n) is 4.26. The van der Waals surface area contributed by atoms with Crippen molar-refractivity contribution in [2.24, 2.45) is 11.8 Å². The van der Waals surface area contributed by atoms with Crippen LogP contribution in [0.3, 0.4) is 0 Å². The maximum absolute atomic E-state index is 2.40. The molecule has 2 unspecified atom stereocenters. The highest BCUT2D eigenvalue weighted by Gasteiger charge is 2.22. The molecule has 1 heteroatoms. The molecule has 0 aromatic heterocycles. The Balaban J connectivity index is 2.33. The Morgan fingerprint density at radius 3 is 2.55 bits per heavy atom. The SMILES string of the molecule is C[B]C1CCCC(C(C)C)C1. The molecule has 1 fully saturated rings. The van der Waals surface area contributed by atoms with Gasteiger partial charge in [-0.3, -0.25) is 0 Å². The Morgan fingerprint density at radius 1 is 1.27 bits per heavy atom. The van der Waals surface area contributed by atoms with Crippen LogP contribution < -0.4 is 0 Å². The highest BCUT2D eigenvalue weighted by Crippen LogP contribution is 2.36. The van der Waals surface area contributed by atoms with Crippen LogP contribution >= 0.6 is 0 Å². The number of hydrogen-bond donors (Lipinski definition) is 0. The predicted octanol–water partition coefficient (Wildman–Crippen LogP) is 3.37. The highest BCUT2D eigenvalue weighted by molar-refractivity contribution is 6.35. The van der Waals surface area contributed by atoms with Crippen molar-refractivity contribution in [3.05, 3.63) is 0 Å². The molecule has 1 radical (unpaired) electrons. The Kier molecular flexibility index (Phi) is 3.48. The number of hydrogen-bond acceptors (Lipinski definition) is 0. The first-order valence-corrected chi connectivity index (χ1v) is 5.03. The van der Waals surface area contributed by atoms with Gasteiger partial charge in [-0.25, -0.2) is 0 Å². The normalized spacial score (nSPS) is 32.4. The zero-order chi connectivity index (χ0) is 8.27. The predicted molar refractivity (Wildman–Crippen MR) is 52.2 cm³/mol. The van der Waals surface area contributed by atoms with Crippen molar-refractivity contribution in [3.8, 4) is 0 Å². The Morgan fingerprint density at radius 2 is 2.00 bits per heavy atom. The van der Waals surface area contributed by atoms with Crippen molar-refractivity contribution in [3.63, 3.8) is 0 Å². The second-order valence-corrected chi connectivity index (χ2v) is 4.26. The standard InChI is InChI=1S/C10H20B/c1-8(2)9-5-4-6-10(7-9)11-3/h8-10H,4-7H2,1-3H3. The zero-order valence-corrected chi connectivity index (χ0v) is 8.14. The third-order valence-corrected chi connectivity index (χ3v) is 3.17. The van der Waals surface area contributed by atoms with E-state index < -0.39 is 0 Å². The molecule has 0 aliphatic heterocycles. The molecule has 0 aromatic rings. The van der Waals surface area contributed by atoms with E-state index in [-0.39, 0.29) is 0 Å². The quantitative estimate of drug-likeness (QED) is 0.530. The first kappa shape index (κ1) is 9.16. The maximum atomic E-state index is 2.40. The van der Waals surface area contributed by atoms with E-state index in [1.165, 1.54) is 25.7 Å². The van der Waals surface area contributed by atoms with Crippen LogP contribution in [0.2, 0.25) is 12.6 Å². The van der Waals surface area contributed by atoms with Crippen LogP contribution in [0.5, 0.6) is 0 Å². The van der Waals surface area contributed by atoms with Gasteiger partial charge in [0.2, 0.25) is 0 Å². The van der Waals surface area contributed by atoms with Gasteiger partial charge in [0.1, 0.15) is 7.28 Å². The van der Waals surface area contributed by atoms with Gasteiger partial charge in [0, 0.05) is 0 Å². The van der Waals surface area contributed by atoms with E-state index in [4.69, 9.17) is 0 Å². The molecule has 0 spiro atoms. The van der Waals surface area contributed by atoms with Crippen molar-refractivity contribution in [1.82, 2.24) is 0 Å². The molecule has 0 bridgehead atoms. The summed E-state index contributed by atoms with van der Waals surface area (Å²) in [5.41, 5.74) is 0. The third kappa shape index (κ3) is 2.54. The van der Waals surface area contributed by atoms with Gasteiger partial charge in [-0.05, 0) is 11.8 Å². The summed E-state index contributed by atoms with van der Waals surface area (Å²) in [6.07, 6.45) is 5.83. The molecule has 0 saturated heterocycles. The summed E-state index contributed by atoms with van der Waals surface area (Å²) in [4.78, 5) is 0. The Labute approximate surface area is 72.0 Å². The van der Waals surface area contributed by atoms with Crippen LogP contribution in [0.25, 0.3) is 0 Å². The fourth-order valence-electron chi connectivity index (χ4n) is 2.18. The summed E-state index contributed by atoms with van der Waals surface area (Å²) in [5.74, 6) is 2.83. The first-order valence-electron chi connectivity index (χ1n) is 5.03. The van der Waals surface area contributed by atoms with Crippen LogP contribution in [0.4, 0.5) is 0 Å². The van der Waals surface area contributed by atoms with E-state index in [0.717, 1.165) is 17.7 Å². The van der Waals surface area contributed by atoms with Crippen LogP contribution in [0, 0.1) is 11.8 Å². The van der Waals surface area contributed by atoms with Gasteiger partial charge in [0.05, 0.1) is 0 Å². The summed E-state index contributed by atoms with van der Waals surface area (Å²) in [5, 5.41) is 0. The monoisotopic (exact) mass is 151 g/mol. The Bertz CT molecular complexity index is 109. The molecule has 0 N–H and O–H groups in total. The van der Waals surface area contributed by atoms with E-state index in [2.05, 4.69) is 28.0 Å². The molecule has 1 aliphatic rings. The smallest absolute Gasteiger partial charge is 0.0917 e. The number of rotatable bonds is 2. The maximum Gasteiger partial charge on any atom is 0.110 e. The average Bonchev–Trinajstić information content (AvgIpc) is 2.05. The molecule has 0 aromatic carbocycles. The van der Waals surface area contributed by atoms with Crippen molar-refractivity contribution in [2.45, 2.75) is 52.2 Å². The minimum absolute atomic E-state index is 0.901. The van der Waals surface area contributed by atoms with E-state index in [1.54, 1.807) is 0 Å². The zero-order valence-electron chi connectivity index (χ0n) is 8.14. The Hall–Kier alpha value is 0.0649. The molecular weight excluding hydrogens is 131 g/mol. The van der Waals surface area contributed by atoms with Crippen LogP contribution in [-0.4, -0.2) is 7.28 Å². The summed E-state index contributed by atoms with van der Waals surface area (Å²) < 4.78 is 0. The van der Waals surface area contributed by atoms with Crippen molar-refractivity contribution < 1.29 is 0 Å². The van der Waals surface area contributed by atoms with Gasteiger partial charge >= 0.3 is 0 Å². The van der Waals surface area contributed by atoms with Gasteiger partial charge in [-0.15, -0.1) is 0 Å². The summed E-state index contributed by atoms with van der Waals surface area (Å²) in [6.45, 7) is 6.94. The topological polar surface area (TPSA) is 0 Å². The molecule has 63 valence electrons. The lowest BCUT2D eigenvalue weighted by Gasteiger charge is -2.30. The van der Waals surface area contributed by atoms with Crippen LogP contribution in [-0.2, 0) is 0 Å². The van der Waals surface area contributed by atoms with Gasteiger partial charge in [0.15, 0.2) is 0 Å². The molecule has 2 atom stereocenters. The summed E-state index contributed by atoms with van der Waals surface area (Å²) >= 11 is 0. The minimum Gasteiger partial charge on any atom is -0.0917 e. The average molecular weight is 151 g/mol. The van der Waals surface area contributed by atoms with Crippen molar-refractivity contribution in [1.29, 1.82) is 0 Å². The van der Waals surface area contributed by atoms with E-state index in [1.807, 2.05) is 0 Å². The fourth-order valence-corrected chi connectivity index (χ4v) is 2.18. The molecule has 1 aliphatic carbocycles. The lowest BCUT2D eigenvalue weighted by Crippen LogP contribution is -2.18. The lowest BCUT2D eigenvalue weighted by molar-refractivity contribution is 0.278. The summed E-state index contributed by atoms with van der Waals surface area (Å²) in [6, 6.07) is 0. The molecule has 0 amide bonds. The molecule has 0 heterocycles. The second kappa shape index (κ2) is 4.18. The lowest BCUT2D eigenvalue weighted by atomic mass is 9.58. The molecular formula is C10H20B. The minimum atomic E-state index is 0.901. The van der Waals surface area contributed by atoms with E-state index in [9.17, 15) is 0 Å².